The van der Waals surface area contributed by atoms with Crippen molar-refractivity contribution in [1.82, 2.24) is 5.32 Å². The Bertz CT molecular complexity index is 697. The molecule has 2 N–H and O–H groups in total. The number of carbonyl (C=O) groups is 1. The van der Waals surface area contributed by atoms with Crippen LogP contribution in [-0.4, -0.2) is 39.2 Å². The molecule has 6 nitrogen and oxygen atoms in total. The molecule has 0 saturated carbocycles. The lowest BCUT2D eigenvalue weighted by Crippen LogP contribution is -2.43. The first-order valence-electron chi connectivity index (χ1n) is 8.13. The molecule has 2 aliphatic rings. The maximum absolute atomic E-state index is 12.3. The summed E-state index contributed by atoms with van der Waals surface area (Å²) in [6.07, 6.45) is 3.64. The Morgan fingerprint density at radius 2 is 2.13 bits per heavy atom. The minimum absolute atomic E-state index is 0.0521. The highest BCUT2D eigenvalue weighted by atomic mass is 32.2. The SMILES string of the molecule is Cc1ccc(NC(=O)C2CCCCN2)cc1N1CCCS1(=O)=O. The molecule has 2 heterocycles. The first kappa shape index (κ1) is 16.3. The van der Waals surface area contributed by atoms with Crippen molar-refractivity contribution in [1.29, 1.82) is 0 Å². The minimum Gasteiger partial charge on any atom is -0.325 e. The van der Waals surface area contributed by atoms with Gasteiger partial charge in [0, 0.05) is 12.2 Å². The van der Waals surface area contributed by atoms with E-state index in [4.69, 9.17) is 0 Å². The van der Waals surface area contributed by atoms with Crippen LogP contribution in [0.25, 0.3) is 0 Å². The Hall–Kier alpha value is -1.60. The number of carbonyl (C=O) groups excluding carboxylic acids is 1. The lowest BCUT2D eigenvalue weighted by atomic mass is 10.0. The van der Waals surface area contributed by atoms with Crippen molar-refractivity contribution in [2.45, 2.75) is 38.6 Å². The van der Waals surface area contributed by atoms with Crippen molar-refractivity contribution >= 4 is 27.3 Å². The molecule has 7 heteroatoms. The van der Waals surface area contributed by atoms with Crippen LogP contribution in [0.2, 0.25) is 0 Å². The fraction of sp³-hybridized carbons (Fsp3) is 0.562. The van der Waals surface area contributed by atoms with Crippen LogP contribution in [-0.2, 0) is 14.8 Å². The van der Waals surface area contributed by atoms with E-state index >= 15 is 0 Å². The summed E-state index contributed by atoms with van der Waals surface area (Å²) in [5.74, 6) is 0.137. The molecule has 2 saturated heterocycles. The average Bonchev–Trinajstić information content (AvgIpc) is 2.89. The molecule has 2 fully saturated rings. The molecule has 0 bridgehead atoms. The summed E-state index contributed by atoms with van der Waals surface area (Å²) in [6, 6.07) is 5.28. The number of aryl methyl sites for hydroxylation is 1. The van der Waals surface area contributed by atoms with Crippen LogP contribution in [0.4, 0.5) is 11.4 Å². The smallest absolute Gasteiger partial charge is 0.241 e. The van der Waals surface area contributed by atoms with Gasteiger partial charge in [-0.3, -0.25) is 9.10 Å². The topological polar surface area (TPSA) is 78.5 Å². The number of nitrogens with one attached hydrogen (secondary N) is 2. The second-order valence-corrected chi connectivity index (χ2v) is 8.25. The second kappa shape index (κ2) is 6.49. The van der Waals surface area contributed by atoms with Crippen LogP contribution in [0.3, 0.4) is 0 Å². The van der Waals surface area contributed by atoms with Gasteiger partial charge >= 0.3 is 0 Å². The van der Waals surface area contributed by atoms with Crippen molar-refractivity contribution in [3.8, 4) is 0 Å². The Balaban J connectivity index is 1.79. The summed E-state index contributed by atoms with van der Waals surface area (Å²) in [5.41, 5.74) is 2.20. The van der Waals surface area contributed by atoms with E-state index in [2.05, 4.69) is 10.6 Å². The van der Waals surface area contributed by atoms with E-state index < -0.39 is 10.0 Å². The van der Waals surface area contributed by atoms with E-state index in [1.807, 2.05) is 19.1 Å². The summed E-state index contributed by atoms with van der Waals surface area (Å²) < 4.78 is 25.7. The predicted octanol–water partition coefficient (Wildman–Crippen LogP) is 1.62. The number of nitrogens with zero attached hydrogens (tertiary/aromatic N) is 1. The monoisotopic (exact) mass is 337 g/mol. The van der Waals surface area contributed by atoms with Gasteiger partial charge < -0.3 is 10.6 Å². The molecule has 1 amide bonds. The van der Waals surface area contributed by atoms with Gasteiger partial charge in [0.1, 0.15) is 0 Å². The Kier molecular flexibility index (Phi) is 4.59. The molecule has 23 heavy (non-hydrogen) atoms. The third-order valence-corrected chi connectivity index (χ3v) is 6.33. The van der Waals surface area contributed by atoms with Crippen LogP contribution >= 0.6 is 0 Å². The Labute approximate surface area is 137 Å². The first-order chi connectivity index (χ1) is 11.0. The van der Waals surface area contributed by atoms with Crippen molar-refractivity contribution in [2.75, 3.05) is 28.5 Å². The molecule has 3 rings (SSSR count). The third kappa shape index (κ3) is 3.50. The van der Waals surface area contributed by atoms with Gasteiger partial charge in [0.15, 0.2) is 0 Å². The van der Waals surface area contributed by atoms with Crippen LogP contribution in [0, 0.1) is 6.92 Å². The van der Waals surface area contributed by atoms with E-state index in [0.717, 1.165) is 31.4 Å². The van der Waals surface area contributed by atoms with Crippen molar-refractivity contribution in [2.24, 2.45) is 0 Å². The zero-order valence-electron chi connectivity index (χ0n) is 13.3. The molecule has 1 atom stereocenters. The van der Waals surface area contributed by atoms with Gasteiger partial charge in [-0.2, -0.15) is 0 Å². The molecule has 0 aliphatic carbocycles. The number of sulfonamides is 1. The zero-order chi connectivity index (χ0) is 16.4. The summed E-state index contributed by atoms with van der Waals surface area (Å²) in [4.78, 5) is 12.3. The largest absolute Gasteiger partial charge is 0.325 e. The van der Waals surface area contributed by atoms with E-state index in [1.165, 1.54) is 4.31 Å². The Morgan fingerprint density at radius 1 is 1.30 bits per heavy atom. The van der Waals surface area contributed by atoms with Crippen LogP contribution < -0.4 is 14.9 Å². The number of rotatable bonds is 3. The highest BCUT2D eigenvalue weighted by Gasteiger charge is 2.29. The lowest BCUT2D eigenvalue weighted by molar-refractivity contribution is -0.118. The van der Waals surface area contributed by atoms with E-state index in [0.29, 0.717) is 24.3 Å². The number of hydrogen-bond donors (Lipinski definition) is 2. The summed E-state index contributed by atoms with van der Waals surface area (Å²) in [5, 5.41) is 6.12. The average molecular weight is 337 g/mol. The molecule has 126 valence electrons. The van der Waals surface area contributed by atoms with Crippen molar-refractivity contribution < 1.29 is 13.2 Å². The number of anilines is 2. The quantitative estimate of drug-likeness (QED) is 0.878. The molecular formula is C16H23N3O3S. The number of piperidine rings is 1. The summed E-state index contributed by atoms with van der Waals surface area (Å²) in [7, 11) is -3.22. The number of amides is 1. The van der Waals surface area contributed by atoms with Gasteiger partial charge in [-0.05, 0) is 50.4 Å². The highest BCUT2D eigenvalue weighted by Crippen LogP contribution is 2.30. The van der Waals surface area contributed by atoms with Crippen molar-refractivity contribution in [3.05, 3.63) is 23.8 Å². The second-order valence-electron chi connectivity index (χ2n) is 6.23. The van der Waals surface area contributed by atoms with Gasteiger partial charge in [-0.1, -0.05) is 12.5 Å². The molecule has 1 unspecified atom stereocenters. The standard InChI is InChI=1S/C16H23N3O3S/c1-12-6-7-13(18-16(20)14-5-2-3-8-17-14)11-15(12)19-9-4-10-23(19,21)22/h6-7,11,14,17H,2-5,8-10H2,1H3,(H,18,20). The maximum atomic E-state index is 12.3. The summed E-state index contributed by atoms with van der Waals surface area (Å²) in [6.45, 7) is 3.26. The van der Waals surface area contributed by atoms with Gasteiger partial charge in [0.25, 0.3) is 0 Å². The van der Waals surface area contributed by atoms with E-state index in [1.54, 1.807) is 6.07 Å². The molecular weight excluding hydrogens is 314 g/mol. The van der Waals surface area contributed by atoms with E-state index in [-0.39, 0.29) is 17.7 Å². The fourth-order valence-corrected chi connectivity index (χ4v) is 4.79. The molecule has 1 aromatic carbocycles. The summed E-state index contributed by atoms with van der Waals surface area (Å²) >= 11 is 0. The van der Waals surface area contributed by atoms with Crippen LogP contribution in [0.15, 0.2) is 18.2 Å². The van der Waals surface area contributed by atoms with Crippen molar-refractivity contribution in [3.63, 3.8) is 0 Å². The van der Waals surface area contributed by atoms with Gasteiger partial charge in [-0.15, -0.1) is 0 Å². The van der Waals surface area contributed by atoms with Crippen LogP contribution in [0.5, 0.6) is 0 Å². The van der Waals surface area contributed by atoms with Gasteiger partial charge in [0.2, 0.25) is 15.9 Å². The van der Waals surface area contributed by atoms with E-state index in [9.17, 15) is 13.2 Å². The first-order valence-corrected chi connectivity index (χ1v) is 9.73. The molecule has 0 aromatic heterocycles. The molecule has 2 aliphatic heterocycles. The number of hydrogen-bond acceptors (Lipinski definition) is 4. The predicted molar refractivity (Wildman–Crippen MR) is 91.2 cm³/mol. The third-order valence-electron chi connectivity index (χ3n) is 4.47. The molecule has 0 radical (unpaired) electrons. The number of benzene rings is 1. The molecule has 1 aromatic rings. The lowest BCUT2D eigenvalue weighted by Gasteiger charge is -2.23. The minimum atomic E-state index is -3.22. The zero-order valence-corrected chi connectivity index (χ0v) is 14.2. The normalized spacial score (nSPS) is 23.7. The highest BCUT2D eigenvalue weighted by molar-refractivity contribution is 7.93. The van der Waals surface area contributed by atoms with Gasteiger partial charge in [0.05, 0.1) is 17.5 Å². The Morgan fingerprint density at radius 3 is 2.78 bits per heavy atom. The maximum Gasteiger partial charge on any atom is 0.241 e. The van der Waals surface area contributed by atoms with Crippen LogP contribution in [0.1, 0.15) is 31.2 Å². The fourth-order valence-electron chi connectivity index (χ4n) is 3.17. The molecule has 0 spiro atoms. The van der Waals surface area contributed by atoms with Gasteiger partial charge in [-0.25, -0.2) is 8.42 Å².